The number of carboxylic acid groups (broad SMARTS) is 1. The molecule has 2 aliphatic heterocycles. The van der Waals surface area contributed by atoms with Gasteiger partial charge in [-0.3, -0.25) is 24.2 Å². The summed E-state index contributed by atoms with van der Waals surface area (Å²) < 4.78 is 3.74. The largest absolute Gasteiger partial charge is 0.481 e. The van der Waals surface area contributed by atoms with Crippen LogP contribution >= 0.6 is 11.6 Å². The molecule has 2 amide bonds. The van der Waals surface area contributed by atoms with Crippen LogP contribution in [0, 0.1) is 18.8 Å². The van der Waals surface area contributed by atoms with E-state index in [9.17, 15) is 24.6 Å². The third kappa shape index (κ3) is 7.68. The van der Waals surface area contributed by atoms with Gasteiger partial charge in [0, 0.05) is 82.3 Å². The Morgan fingerprint density at radius 2 is 1.33 bits per heavy atom. The van der Waals surface area contributed by atoms with Crippen LogP contribution in [0.5, 0.6) is 0 Å². The van der Waals surface area contributed by atoms with E-state index in [1.165, 1.54) is 0 Å². The van der Waals surface area contributed by atoms with E-state index in [0.29, 0.717) is 59.2 Å². The molecule has 13 nitrogen and oxygen atoms in total. The second kappa shape index (κ2) is 16.0. The molecule has 0 radical (unpaired) electrons. The minimum Gasteiger partial charge on any atom is -0.481 e. The van der Waals surface area contributed by atoms with Crippen molar-refractivity contribution in [2.45, 2.75) is 65.0 Å². The van der Waals surface area contributed by atoms with E-state index in [2.05, 4.69) is 25.4 Å². The van der Waals surface area contributed by atoms with Crippen LogP contribution in [-0.2, 0) is 44.8 Å². The molecule has 0 unspecified atom stereocenters. The number of β-amino-alcohol motifs (C(OH)–C–C–N with tert-alkyl or cyclic N) is 1. The number of carboxylic acids is 1. The number of rotatable bonds is 11. The van der Waals surface area contributed by atoms with Crippen molar-refractivity contribution in [2.75, 3.05) is 43.4 Å². The van der Waals surface area contributed by atoms with Crippen LogP contribution in [0.4, 0.5) is 11.4 Å². The van der Waals surface area contributed by atoms with Gasteiger partial charge in [-0.25, -0.2) is 9.97 Å². The van der Waals surface area contributed by atoms with Gasteiger partial charge in [0.15, 0.2) is 11.6 Å². The van der Waals surface area contributed by atoms with Crippen molar-refractivity contribution in [3.8, 4) is 11.1 Å². The number of amides is 2. The number of hydrogen-bond donors (Lipinski definition) is 4. The fourth-order valence-corrected chi connectivity index (χ4v) is 8.69. The molecular weight excluding hydrogens is 708 g/mol. The SMILES string of the molecule is Cc1c(NC(=O)c2nc3c(n2C)CCN(CCO)C3)cccc1-c1cccc(NC(=O)c2nc3c(n2C)CCN(CC[C@H]2CC[C@H](C(=O)O)CC2)C3)c1Cl. The van der Waals surface area contributed by atoms with Gasteiger partial charge in [-0.15, -0.1) is 0 Å². The first-order chi connectivity index (χ1) is 26.0. The van der Waals surface area contributed by atoms with E-state index in [-0.39, 0.29) is 24.3 Å². The average molecular weight is 757 g/mol. The number of aliphatic hydroxyl groups is 1. The summed E-state index contributed by atoms with van der Waals surface area (Å²) in [5, 5.41) is 25.1. The van der Waals surface area contributed by atoms with E-state index in [4.69, 9.17) is 16.6 Å². The smallest absolute Gasteiger partial charge is 0.306 e. The lowest BCUT2D eigenvalue weighted by Crippen LogP contribution is -2.33. The Labute approximate surface area is 320 Å². The molecule has 1 aliphatic carbocycles. The van der Waals surface area contributed by atoms with Gasteiger partial charge >= 0.3 is 5.97 Å². The lowest BCUT2D eigenvalue weighted by molar-refractivity contribution is -0.143. The summed E-state index contributed by atoms with van der Waals surface area (Å²) in [6.07, 6.45) is 6.07. The third-order valence-electron chi connectivity index (χ3n) is 11.7. The van der Waals surface area contributed by atoms with Crippen molar-refractivity contribution in [2.24, 2.45) is 25.9 Å². The highest BCUT2D eigenvalue weighted by Gasteiger charge is 2.30. The van der Waals surface area contributed by atoms with Crippen molar-refractivity contribution < 1.29 is 24.6 Å². The monoisotopic (exact) mass is 756 g/mol. The van der Waals surface area contributed by atoms with Gasteiger partial charge in [-0.05, 0) is 74.8 Å². The van der Waals surface area contributed by atoms with Crippen LogP contribution in [-0.4, -0.2) is 89.7 Å². The molecular formula is C40H49ClN8O5. The number of nitrogens with zero attached hydrogens (tertiary/aromatic N) is 6. The summed E-state index contributed by atoms with van der Waals surface area (Å²) in [4.78, 5) is 52.5. The number of anilines is 2. The molecule has 0 spiro atoms. The Hall–Kier alpha value is -4.56. The van der Waals surface area contributed by atoms with Crippen molar-refractivity contribution in [3.63, 3.8) is 0 Å². The fraction of sp³-hybridized carbons (Fsp3) is 0.475. The zero-order valence-corrected chi connectivity index (χ0v) is 32.0. The number of halogens is 1. The van der Waals surface area contributed by atoms with E-state index in [0.717, 1.165) is 98.5 Å². The van der Waals surface area contributed by atoms with E-state index in [1.54, 1.807) is 6.07 Å². The Bertz CT molecular complexity index is 2070. The number of carbonyl (C=O) groups is 3. The van der Waals surface area contributed by atoms with Crippen LogP contribution in [0.25, 0.3) is 11.1 Å². The number of carbonyl (C=O) groups excluding carboxylic acids is 2. The standard InChI is InChI=1S/C40H49ClN8O5/c1-24-27(6-4-8-29(24)44-38(51)36-43-32-23-49(20-21-50)19-16-34(32)46(36)2)28-7-5-9-30(35(28)41)45-39(52)37-42-31-22-48(18-15-33(31)47(37)3)17-14-25-10-12-26(13-11-25)40(53)54/h4-9,25-26,50H,10-23H2,1-3H3,(H,44,51)(H,45,52)(H,53,54)/t25-,26-. The maximum Gasteiger partial charge on any atom is 0.306 e. The maximum atomic E-state index is 13.7. The van der Waals surface area contributed by atoms with Crippen LogP contribution in [0.1, 0.15) is 81.7 Å². The quantitative estimate of drug-likeness (QED) is 0.160. The molecule has 2 aromatic carbocycles. The van der Waals surface area contributed by atoms with Gasteiger partial charge in [0.05, 0.1) is 34.6 Å². The summed E-state index contributed by atoms with van der Waals surface area (Å²) in [6.45, 7) is 6.48. The van der Waals surface area contributed by atoms with Gasteiger partial charge in [-0.1, -0.05) is 35.9 Å². The van der Waals surface area contributed by atoms with E-state index < -0.39 is 5.97 Å². The molecule has 2 aromatic heterocycles. The average Bonchev–Trinajstić information content (AvgIpc) is 3.68. The topological polar surface area (TPSA) is 158 Å². The molecule has 3 aliphatic rings. The second-order valence-electron chi connectivity index (χ2n) is 14.9. The third-order valence-corrected chi connectivity index (χ3v) is 12.1. The molecule has 0 atom stereocenters. The van der Waals surface area contributed by atoms with Crippen molar-refractivity contribution in [1.82, 2.24) is 28.9 Å². The molecule has 54 heavy (non-hydrogen) atoms. The van der Waals surface area contributed by atoms with Crippen molar-refractivity contribution >= 4 is 40.8 Å². The normalized spacial score (nSPS) is 18.9. The summed E-state index contributed by atoms with van der Waals surface area (Å²) in [5.74, 6) is -0.304. The highest BCUT2D eigenvalue weighted by molar-refractivity contribution is 6.36. The molecule has 4 aromatic rings. The number of imidazole rings is 2. The zero-order valence-electron chi connectivity index (χ0n) is 31.2. The Kier molecular flexibility index (Phi) is 11.2. The summed E-state index contributed by atoms with van der Waals surface area (Å²) in [5.41, 5.74) is 7.29. The van der Waals surface area contributed by atoms with Crippen LogP contribution in [0.3, 0.4) is 0 Å². The molecule has 0 saturated heterocycles. The summed E-state index contributed by atoms with van der Waals surface area (Å²) in [7, 11) is 3.74. The Morgan fingerprint density at radius 3 is 1.91 bits per heavy atom. The summed E-state index contributed by atoms with van der Waals surface area (Å²) >= 11 is 7.00. The van der Waals surface area contributed by atoms with Crippen LogP contribution in [0.15, 0.2) is 36.4 Å². The highest BCUT2D eigenvalue weighted by atomic mass is 35.5. The molecule has 4 heterocycles. The number of nitrogens with one attached hydrogen (secondary N) is 2. The maximum absolute atomic E-state index is 13.7. The summed E-state index contributed by atoms with van der Waals surface area (Å²) in [6, 6.07) is 11.1. The van der Waals surface area contributed by atoms with E-state index >= 15 is 0 Å². The molecule has 0 bridgehead atoms. The number of fused-ring (bicyclic) bond motifs is 2. The Morgan fingerprint density at radius 1 is 0.796 bits per heavy atom. The van der Waals surface area contributed by atoms with Gasteiger partial charge in [-0.2, -0.15) is 0 Å². The number of hydrogen-bond acceptors (Lipinski definition) is 8. The fourth-order valence-electron chi connectivity index (χ4n) is 8.41. The van der Waals surface area contributed by atoms with Gasteiger partial charge in [0.2, 0.25) is 0 Å². The first kappa shape index (κ1) is 37.7. The molecule has 14 heteroatoms. The first-order valence-electron chi connectivity index (χ1n) is 18.9. The molecule has 286 valence electrons. The first-order valence-corrected chi connectivity index (χ1v) is 19.3. The molecule has 1 saturated carbocycles. The number of aliphatic hydroxyl groups excluding tert-OH is 1. The van der Waals surface area contributed by atoms with Gasteiger partial charge in [0.1, 0.15) is 0 Å². The predicted octanol–water partition coefficient (Wildman–Crippen LogP) is 5.28. The predicted molar refractivity (Wildman–Crippen MR) is 207 cm³/mol. The minimum absolute atomic E-state index is 0.0816. The van der Waals surface area contributed by atoms with Crippen LogP contribution in [0.2, 0.25) is 5.02 Å². The lowest BCUT2D eigenvalue weighted by Gasteiger charge is -2.30. The lowest BCUT2D eigenvalue weighted by atomic mass is 9.80. The number of benzene rings is 2. The number of aromatic nitrogens is 4. The molecule has 4 N–H and O–H groups in total. The molecule has 7 rings (SSSR count). The van der Waals surface area contributed by atoms with Crippen LogP contribution < -0.4 is 10.6 Å². The zero-order chi connectivity index (χ0) is 38.1. The molecule has 1 fully saturated rings. The van der Waals surface area contributed by atoms with Crippen molar-refractivity contribution in [1.29, 1.82) is 0 Å². The highest BCUT2D eigenvalue weighted by Crippen LogP contribution is 2.38. The Balaban J connectivity index is 1.01. The van der Waals surface area contributed by atoms with Crippen molar-refractivity contribution in [3.05, 3.63) is 81.4 Å². The minimum atomic E-state index is -0.668. The second-order valence-corrected chi connectivity index (χ2v) is 15.3. The van der Waals surface area contributed by atoms with E-state index in [1.807, 2.05) is 60.5 Å². The van der Waals surface area contributed by atoms with Gasteiger partial charge in [0.25, 0.3) is 11.8 Å². The van der Waals surface area contributed by atoms with Gasteiger partial charge < -0.3 is 30.0 Å². The number of aliphatic carboxylic acids is 1.